The van der Waals surface area contributed by atoms with Crippen molar-refractivity contribution in [3.8, 4) is 5.75 Å². The van der Waals surface area contributed by atoms with E-state index in [1.54, 1.807) is 0 Å². The summed E-state index contributed by atoms with van der Waals surface area (Å²) >= 11 is 0. The Hall–Kier alpha value is -2.91. The normalized spacial score (nSPS) is 14.8. The molecule has 0 saturated carbocycles. The summed E-state index contributed by atoms with van der Waals surface area (Å²) in [5, 5.41) is 2.80. The van der Waals surface area contributed by atoms with Crippen molar-refractivity contribution in [2.24, 2.45) is 0 Å². The number of ether oxygens (including phenoxy) is 2. The van der Waals surface area contributed by atoms with E-state index in [1.807, 2.05) is 32.0 Å². The zero-order valence-electron chi connectivity index (χ0n) is 19.9. The van der Waals surface area contributed by atoms with E-state index in [0.717, 1.165) is 43.2 Å². The van der Waals surface area contributed by atoms with Crippen LogP contribution < -0.4 is 10.1 Å². The summed E-state index contributed by atoms with van der Waals surface area (Å²) in [5.41, 5.74) is 2.64. The van der Waals surface area contributed by atoms with E-state index in [2.05, 4.69) is 5.32 Å². The molecule has 184 valence electrons. The molecule has 3 rings (SSSR count). The monoisotopic (exact) mass is 488 g/mol. The first kappa shape index (κ1) is 25.7. The van der Waals surface area contributed by atoms with Crippen LogP contribution >= 0.6 is 0 Å². The van der Waals surface area contributed by atoms with Gasteiger partial charge in [-0.25, -0.2) is 13.2 Å². The lowest BCUT2D eigenvalue weighted by atomic mass is 10.1. The van der Waals surface area contributed by atoms with Gasteiger partial charge in [-0.2, -0.15) is 4.31 Å². The van der Waals surface area contributed by atoms with Gasteiger partial charge in [-0.05, 0) is 55.5 Å². The molecule has 0 bridgehead atoms. The predicted octanol–water partition coefficient (Wildman–Crippen LogP) is 3.93. The molecule has 1 heterocycles. The molecule has 8 nitrogen and oxygen atoms in total. The molecule has 34 heavy (non-hydrogen) atoms. The SMILES string of the molecule is CCc1cccc(C)c1NC(=O)COC(=O)c1ccc(OC)c(S(=O)(=O)N2CCCCCC2)c1. The van der Waals surface area contributed by atoms with E-state index < -0.39 is 28.5 Å². The summed E-state index contributed by atoms with van der Waals surface area (Å²) < 4.78 is 38.5. The predicted molar refractivity (Wildman–Crippen MR) is 130 cm³/mol. The highest BCUT2D eigenvalue weighted by Gasteiger charge is 2.29. The summed E-state index contributed by atoms with van der Waals surface area (Å²) in [6, 6.07) is 9.86. The largest absolute Gasteiger partial charge is 0.495 e. The Bertz CT molecular complexity index is 1140. The number of nitrogens with one attached hydrogen (secondary N) is 1. The number of nitrogens with zero attached hydrogens (tertiary/aromatic N) is 1. The van der Waals surface area contributed by atoms with Gasteiger partial charge in [0, 0.05) is 18.8 Å². The Balaban J connectivity index is 1.74. The molecule has 9 heteroatoms. The van der Waals surface area contributed by atoms with Crippen LogP contribution in [0.1, 0.15) is 54.1 Å². The van der Waals surface area contributed by atoms with Crippen LogP contribution in [0.2, 0.25) is 0 Å². The van der Waals surface area contributed by atoms with Crippen LogP contribution in [0.15, 0.2) is 41.3 Å². The van der Waals surface area contributed by atoms with Crippen molar-refractivity contribution in [2.45, 2.75) is 50.8 Å². The zero-order valence-corrected chi connectivity index (χ0v) is 20.7. The minimum absolute atomic E-state index is 0.0344. The fourth-order valence-electron chi connectivity index (χ4n) is 4.02. The second-order valence-electron chi connectivity index (χ2n) is 8.27. The first-order valence-electron chi connectivity index (χ1n) is 11.5. The van der Waals surface area contributed by atoms with Crippen molar-refractivity contribution in [3.05, 3.63) is 53.1 Å². The fourth-order valence-corrected chi connectivity index (χ4v) is 5.72. The average molecular weight is 489 g/mol. The smallest absolute Gasteiger partial charge is 0.338 e. The van der Waals surface area contributed by atoms with Gasteiger partial charge in [0.2, 0.25) is 10.0 Å². The minimum Gasteiger partial charge on any atom is -0.495 e. The number of sulfonamides is 1. The molecule has 0 unspecified atom stereocenters. The Kier molecular flexibility index (Phi) is 8.68. The maximum atomic E-state index is 13.3. The lowest BCUT2D eigenvalue weighted by Crippen LogP contribution is -2.32. The Labute approximate surface area is 201 Å². The molecule has 0 aliphatic carbocycles. The van der Waals surface area contributed by atoms with Crippen molar-refractivity contribution in [1.82, 2.24) is 4.31 Å². The van der Waals surface area contributed by atoms with E-state index in [1.165, 1.54) is 29.6 Å². The molecule has 2 aromatic rings. The third kappa shape index (κ3) is 5.95. The quantitative estimate of drug-likeness (QED) is 0.565. The molecule has 1 aliphatic rings. The zero-order chi connectivity index (χ0) is 24.7. The fraction of sp³-hybridized carbons (Fsp3) is 0.440. The lowest BCUT2D eigenvalue weighted by Gasteiger charge is -2.21. The molecule has 1 saturated heterocycles. The molecular weight excluding hydrogens is 456 g/mol. The number of methoxy groups -OCH3 is 1. The minimum atomic E-state index is -3.85. The number of carbonyl (C=O) groups is 2. The van der Waals surface area contributed by atoms with Crippen LogP contribution in [0.4, 0.5) is 5.69 Å². The average Bonchev–Trinajstić information content (AvgIpc) is 3.13. The van der Waals surface area contributed by atoms with Gasteiger partial charge < -0.3 is 14.8 Å². The number of anilines is 1. The number of para-hydroxylation sites is 1. The molecule has 0 aromatic heterocycles. The second kappa shape index (κ2) is 11.5. The van der Waals surface area contributed by atoms with Gasteiger partial charge in [0.1, 0.15) is 10.6 Å². The highest BCUT2D eigenvalue weighted by Crippen LogP contribution is 2.29. The number of aryl methyl sites for hydroxylation is 2. The summed E-state index contributed by atoms with van der Waals surface area (Å²) in [4.78, 5) is 25.0. The Morgan fingerprint density at radius 2 is 1.76 bits per heavy atom. The molecule has 0 atom stereocenters. The maximum Gasteiger partial charge on any atom is 0.338 e. The molecule has 1 amide bonds. The second-order valence-corrected chi connectivity index (χ2v) is 10.2. The Morgan fingerprint density at radius 3 is 2.41 bits per heavy atom. The van der Waals surface area contributed by atoms with Crippen molar-refractivity contribution in [1.29, 1.82) is 0 Å². The van der Waals surface area contributed by atoms with Crippen LogP contribution in [0, 0.1) is 6.92 Å². The molecule has 1 aliphatic heterocycles. The van der Waals surface area contributed by atoms with Gasteiger partial charge in [0.15, 0.2) is 6.61 Å². The van der Waals surface area contributed by atoms with Crippen molar-refractivity contribution < 1.29 is 27.5 Å². The molecule has 1 fully saturated rings. The number of rotatable bonds is 8. The number of hydrogen-bond donors (Lipinski definition) is 1. The van der Waals surface area contributed by atoms with Crippen molar-refractivity contribution in [3.63, 3.8) is 0 Å². The third-order valence-electron chi connectivity index (χ3n) is 5.92. The van der Waals surface area contributed by atoms with E-state index in [4.69, 9.17) is 9.47 Å². The van der Waals surface area contributed by atoms with Crippen LogP contribution in [0.25, 0.3) is 0 Å². The lowest BCUT2D eigenvalue weighted by molar-refractivity contribution is -0.119. The van der Waals surface area contributed by atoms with Crippen molar-refractivity contribution in [2.75, 3.05) is 32.1 Å². The topological polar surface area (TPSA) is 102 Å². The number of carbonyl (C=O) groups excluding carboxylic acids is 2. The van der Waals surface area contributed by atoms with Crippen LogP contribution in [0.5, 0.6) is 5.75 Å². The van der Waals surface area contributed by atoms with Crippen LogP contribution in [-0.4, -0.2) is 51.4 Å². The van der Waals surface area contributed by atoms with Gasteiger partial charge in [0.25, 0.3) is 5.91 Å². The number of benzene rings is 2. The standard InChI is InChI=1S/C25H32N2O6S/c1-4-19-11-9-10-18(2)24(19)26-23(28)17-33-25(29)20-12-13-21(32-3)22(16-20)34(30,31)27-14-7-5-6-8-15-27/h9-13,16H,4-8,14-15,17H2,1-3H3,(H,26,28). The molecular formula is C25H32N2O6S. The third-order valence-corrected chi connectivity index (χ3v) is 7.84. The number of esters is 1. The molecule has 1 N–H and O–H groups in total. The first-order valence-corrected chi connectivity index (χ1v) is 13.0. The van der Waals surface area contributed by atoms with E-state index in [0.29, 0.717) is 18.8 Å². The first-order chi connectivity index (χ1) is 16.3. The van der Waals surface area contributed by atoms with Crippen LogP contribution in [0.3, 0.4) is 0 Å². The molecule has 0 spiro atoms. The van der Waals surface area contributed by atoms with E-state index >= 15 is 0 Å². The number of amides is 1. The Morgan fingerprint density at radius 1 is 1.06 bits per heavy atom. The van der Waals surface area contributed by atoms with Gasteiger partial charge in [-0.3, -0.25) is 4.79 Å². The maximum absolute atomic E-state index is 13.3. The van der Waals surface area contributed by atoms with Gasteiger partial charge >= 0.3 is 5.97 Å². The van der Waals surface area contributed by atoms with E-state index in [9.17, 15) is 18.0 Å². The highest BCUT2D eigenvalue weighted by atomic mass is 32.2. The van der Waals surface area contributed by atoms with E-state index in [-0.39, 0.29) is 16.2 Å². The highest BCUT2D eigenvalue weighted by molar-refractivity contribution is 7.89. The molecule has 0 radical (unpaired) electrons. The van der Waals surface area contributed by atoms with Gasteiger partial charge in [-0.15, -0.1) is 0 Å². The van der Waals surface area contributed by atoms with Gasteiger partial charge in [-0.1, -0.05) is 38.0 Å². The number of hydrogen-bond acceptors (Lipinski definition) is 6. The summed E-state index contributed by atoms with van der Waals surface area (Å²) in [5.74, 6) is -1.10. The van der Waals surface area contributed by atoms with Crippen LogP contribution in [-0.2, 0) is 26.0 Å². The summed E-state index contributed by atoms with van der Waals surface area (Å²) in [6.07, 6.45) is 4.30. The summed E-state index contributed by atoms with van der Waals surface area (Å²) in [6.45, 7) is 4.25. The summed E-state index contributed by atoms with van der Waals surface area (Å²) in [7, 11) is -2.46. The van der Waals surface area contributed by atoms with Crippen molar-refractivity contribution >= 4 is 27.6 Å². The molecule has 2 aromatic carbocycles. The van der Waals surface area contributed by atoms with Gasteiger partial charge in [0.05, 0.1) is 12.7 Å².